The first-order valence-electron chi connectivity index (χ1n) is 5.54. The molecule has 0 saturated heterocycles. The van der Waals surface area contributed by atoms with E-state index in [1.54, 1.807) is 13.2 Å². The van der Waals surface area contributed by atoms with E-state index in [4.69, 9.17) is 21.1 Å². The van der Waals surface area contributed by atoms with Gasteiger partial charge < -0.3 is 9.47 Å². The fraction of sp³-hybridized carbons (Fsp3) is 0.231. The van der Waals surface area contributed by atoms with Crippen LogP contribution in [-0.2, 0) is 0 Å². The van der Waals surface area contributed by atoms with Gasteiger partial charge in [0.1, 0.15) is 10.9 Å². The standard InChI is InChI=1S/C13H13ClN2O2/c1-3-18-12-8-11(14)15-13(16-12)9-5-4-6-10(7-9)17-2/h4-8H,3H2,1-2H3. The van der Waals surface area contributed by atoms with Gasteiger partial charge in [-0.15, -0.1) is 0 Å². The molecule has 0 amide bonds. The van der Waals surface area contributed by atoms with E-state index in [0.29, 0.717) is 23.5 Å². The van der Waals surface area contributed by atoms with Crippen molar-refractivity contribution in [2.75, 3.05) is 13.7 Å². The SMILES string of the molecule is CCOc1cc(Cl)nc(-c2cccc(OC)c2)n1. The highest BCUT2D eigenvalue weighted by Gasteiger charge is 2.07. The zero-order valence-corrected chi connectivity index (χ0v) is 10.9. The fourth-order valence-electron chi connectivity index (χ4n) is 1.51. The van der Waals surface area contributed by atoms with E-state index < -0.39 is 0 Å². The molecule has 0 atom stereocenters. The minimum atomic E-state index is 0.353. The highest BCUT2D eigenvalue weighted by Crippen LogP contribution is 2.24. The summed E-state index contributed by atoms with van der Waals surface area (Å²) in [4.78, 5) is 8.48. The van der Waals surface area contributed by atoms with Gasteiger partial charge in [-0.05, 0) is 19.1 Å². The second kappa shape index (κ2) is 5.69. The van der Waals surface area contributed by atoms with Crippen LogP contribution >= 0.6 is 11.6 Å². The number of aromatic nitrogens is 2. The maximum atomic E-state index is 5.95. The van der Waals surface area contributed by atoms with Gasteiger partial charge in [0.2, 0.25) is 5.88 Å². The smallest absolute Gasteiger partial charge is 0.218 e. The Morgan fingerprint density at radius 1 is 1.22 bits per heavy atom. The summed E-state index contributed by atoms with van der Waals surface area (Å²) in [6.45, 7) is 2.42. The highest BCUT2D eigenvalue weighted by atomic mass is 35.5. The van der Waals surface area contributed by atoms with E-state index >= 15 is 0 Å². The number of halogens is 1. The summed E-state index contributed by atoms with van der Waals surface area (Å²) in [6, 6.07) is 9.07. The Labute approximate surface area is 111 Å². The molecule has 4 nitrogen and oxygen atoms in total. The lowest BCUT2D eigenvalue weighted by atomic mass is 10.2. The molecule has 0 aliphatic carbocycles. The van der Waals surface area contributed by atoms with Crippen molar-refractivity contribution in [3.05, 3.63) is 35.5 Å². The van der Waals surface area contributed by atoms with Crippen molar-refractivity contribution in [2.45, 2.75) is 6.92 Å². The van der Waals surface area contributed by atoms with E-state index in [-0.39, 0.29) is 0 Å². The van der Waals surface area contributed by atoms with E-state index in [2.05, 4.69) is 9.97 Å². The molecule has 5 heteroatoms. The van der Waals surface area contributed by atoms with Crippen LogP contribution in [0.3, 0.4) is 0 Å². The summed E-state index contributed by atoms with van der Waals surface area (Å²) in [5.74, 6) is 1.73. The molecule has 0 saturated carbocycles. The van der Waals surface area contributed by atoms with Crippen LogP contribution in [0.15, 0.2) is 30.3 Å². The molecule has 18 heavy (non-hydrogen) atoms. The van der Waals surface area contributed by atoms with Crippen LogP contribution in [0.4, 0.5) is 0 Å². The lowest BCUT2D eigenvalue weighted by Gasteiger charge is -2.06. The molecule has 0 radical (unpaired) electrons. The normalized spacial score (nSPS) is 10.2. The summed E-state index contributed by atoms with van der Waals surface area (Å²) < 4.78 is 10.5. The molecule has 2 rings (SSSR count). The summed E-state index contributed by atoms with van der Waals surface area (Å²) in [5, 5.41) is 0.353. The Kier molecular flexibility index (Phi) is 3.99. The zero-order chi connectivity index (χ0) is 13.0. The average molecular weight is 265 g/mol. The average Bonchev–Trinajstić information content (AvgIpc) is 2.38. The third-order valence-corrected chi connectivity index (χ3v) is 2.49. The van der Waals surface area contributed by atoms with Crippen LogP contribution in [0.25, 0.3) is 11.4 Å². The number of nitrogens with zero attached hydrogens (tertiary/aromatic N) is 2. The minimum absolute atomic E-state index is 0.353. The monoisotopic (exact) mass is 264 g/mol. The molecule has 0 fully saturated rings. The van der Waals surface area contributed by atoms with Crippen molar-refractivity contribution in [3.63, 3.8) is 0 Å². The van der Waals surface area contributed by atoms with Crippen LogP contribution in [0.5, 0.6) is 11.6 Å². The minimum Gasteiger partial charge on any atom is -0.497 e. The Hall–Kier alpha value is -1.81. The first-order valence-corrected chi connectivity index (χ1v) is 5.92. The van der Waals surface area contributed by atoms with Gasteiger partial charge in [-0.25, -0.2) is 4.98 Å². The third-order valence-electron chi connectivity index (χ3n) is 2.29. The van der Waals surface area contributed by atoms with E-state index in [1.165, 1.54) is 0 Å². The lowest BCUT2D eigenvalue weighted by molar-refractivity contribution is 0.326. The van der Waals surface area contributed by atoms with Crippen LogP contribution in [-0.4, -0.2) is 23.7 Å². The Morgan fingerprint density at radius 3 is 2.78 bits per heavy atom. The van der Waals surface area contributed by atoms with Gasteiger partial charge in [0, 0.05) is 11.6 Å². The molecule has 2 aromatic rings. The number of methoxy groups -OCH3 is 1. The van der Waals surface area contributed by atoms with Crippen molar-refractivity contribution in [1.29, 1.82) is 0 Å². The second-order valence-electron chi connectivity index (χ2n) is 3.52. The molecular weight excluding hydrogens is 252 g/mol. The van der Waals surface area contributed by atoms with Crippen LogP contribution in [0.1, 0.15) is 6.92 Å². The largest absolute Gasteiger partial charge is 0.497 e. The van der Waals surface area contributed by atoms with Gasteiger partial charge >= 0.3 is 0 Å². The maximum absolute atomic E-state index is 5.95. The number of rotatable bonds is 4. The molecule has 0 aliphatic heterocycles. The van der Waals surface area contributed by atoms with Crippen molar-refractivity contribution >= 4 is 11.6 Å². The summed E-state index contributed by atoms with van der Waals surface area (Å²) >= 11 is 5.95. The predicted octanol–water partition coefficient (Wildman–Crippen LogP) is 3.20. The molecule has 0 N–H and O–H groups in total. The number of hydrogen-bond acceptors (Lipinski definition) is 4. The Morgan fingerprint density at radius 2 is 2.06 bits per heavy atom. The fourth-order valence-corrected chi connectivity index (χ4v) is 1.68. The van der Waals surface area contributed by atoms with Gasteiger partial charge in [-0.2, -0.15) is 4.98 Å². The van der Waals surface area contributed by atoms with Crippen LogP contribution < -0.4 is 9.47 Å². The van der Waals surface area contributed by atoms with Crippen molar-refractivity contribution in [3.8, 4) is 23.0 Å². The first-order chi connectivity index (χ1) is 8.72. The quantitative estimate of drug-likeness (QED) is 0.796. The van der Waals surface area contributed by atoms with Crippen molar-refractivity contribution in [1.82, 2.24) is 9.97 Å². The van der Waals surface area contributed by atoms with E-state index in [1.807, 2.05) is 31.2 Å². The predicted molar refractivity (Wildman–Crippen MR) is 70.2 cm³/mol. The number of hydrogen-bond donors (Lipinski definition) is 0. The Bertz CT molecular complexity index is 546. The van der Waals surface area contributed by atoms with Gasteiger partial charge in [0.15, 0.2) is 5.82 Å². The molecule has 94 valence electrons. The molecule has 1 aromatic heterocycles. The second-order valence-corrected chi connectivity index (χ2v) is 3.90. The summed E-state index contributed by atoms with van der Waals surface area (Å²) in [5.41, 5.74) is 0.831. The van der Waals surface area contributed by atoms with E-state index in [9.17, 15) is 0 Å². The summed E-state index contributed by atoms with van der Waals surface area (Å²) in [6.07, 6.45) is 0. The lowest BCUT2D eigenvalue weighted by Crippen LogP contribution is -1.98. The van der Waals surface area contributed by atoms with E-state index in [0.717, 1.165) is 11.3 Å². The molecule has 0 spiro atoms. The molecule has 0 aliphatic rings. The topological polar surface area (TPSA) is 44.2 Å². The van der Waals surface area contributed by atoms with Crippen molar-refractivity contribution in [2.24, 2.45) is 0 Å². The number of ether oxygens (including phenoxy) is 2. The van der Waals surface area contributed by atoms with Crippen LogP contribution in [0.2, 0.25) is 5.15 Å². The first kappa shape index (κ1) is 12.6. The molecule has 0 bridgehead atoms. The molecule has 0 unspecified atom stereocenters. The highest BCUT2D eigenvalue weighted by molar-refractivity contribution is 6.29. The van der Waals surface area contributed by atoms with Gasteiger partial charge in [-0.1, -0.05) is 23.7 Å². The zero-order valence-electron chi connectivity index (χ0n) is 10.2. The molecule has 1 heterocycles. The number of benzene rings is 1. The van der Waals surface area contributed by atoms with Crippen LogP contribution in [0, 0.1) is 0 Å². The summed E-state index contributed by atoms with van der Waals surface area (Å²) in [7, 11) is 1.61. The van der Waals surface area contributed by atoms with Gasteiger partial charge in [0.25, 0.3) is 0 Å². The Balaban J connectivity index is 2.42. The molecular formula is C13H13ClN2O2. The maximum Gasteiger partial charge on any atom is 0.218 e. The van der Waals surface area contributed by atoms with Gasteiger partial charge in [0.05, 0.1) is 13.7 Å². The van der Waals surface area contributed by atoms with Gasteiger partial charge in [-0.3, -0.25) is 0 Å². The molecule has 1 aromatic carbocycles. The third kappa shape index (κ3) is 2.90. The van der Waals surface area contributed by atoms with Crippen molar-refractivity contribution < 1.29 is 9.47 Å².